The molecule has 0 aromatic heterocycles. The normalized spacial score (nSPS) is 10.8. The topological polar surface area (TPSA) is 0 Å². The van der Waals surface area contributed by atoms with Crippen molar-refractivity contribution in [1.29, 1.82) is 0 Å². The Labute approximate surface area is 134 Å². The first-order valence-electron chi connectivity index (χ1n) is 6.72. The van der Waals surface area contributed by atoms with E-state index in [0.29, 0.717) is 10.0 Å². The van der Waals surface area contributed by atoms with E-state index < -0.39 is 0 Å². The van der Waals surface area contributed by atoms with Crippen LogP contribution in [0.5, 0.6) is 0 Å². The highest BCUT2D eigenvalue weighted by Gasteiger charge is 2.13. The lowest BCUT2D eigenvalue weighted by atomic mass is 9.90. The van der Waals surface area contributed by atoms with Crippen LogP contribution in [0.1, 0.15) is 11.1 Å². The molecule has 0 heterocycles. The molecule has 3 rings (SSSR count). The first-order chi connectivity index (χ1) is 10.1. The molecule has 0 bridgehead atoms. The molecule has 3 aromatic rings. The summed E-state index contributed by atoms with van der Waals surface area (Å²) in [5.41, 5.74) is 4.39. The standard InChI is InChI=1S/C19H14Cl2/c1-3-15-12(2)10-13-6-4-5-7-16(13)19(15)17-9-8-14(20)11-18(17)21/h3-11H,1H2,2H3. The average molecular weight is 313 g/mol. The predicted octanol–water partition coefficient (Wildman–Crippen LogP) is 6.77. The van der Waals surface area contributed by atoms with E-state index in [9.17, 15) is 0 Å². The minimum atomic E-state index is 0.640. The molecular formula is C19H14Cl2. The van der Waals surface area contributed by atoms with E-state index in [2.05, 4.69) is 31.7 Å². The van der Waals surface area contributed by atoms with Gasteiger partial charge in [-0.3, -0.25) is 0 Å². The van der Waals surface area contributed by atoms with Crippen LogP contribution < -0.4 is 0 Å². The fraction of sp³-hybridized carbons (Fsp3) is 0.0526. The van der Waals surface area contributed by atoms with E-state index >= 15 is 0 Å². The minimum Gasteiger partial charge on any atom is -0.0984 e. The summed E-state index contributed by atoms with van der Waals surface area (Å²) in [6.45, 7) is 6.06. The summed E-state index contributed by atoms with van der Waals surface area (Å²) in [5.74, 6) is 0. The third kappa shape index (κ3) is 2.46. The number of benzene rings is 3. The largest absolute Gasteiger partial charge is 0.0984 e. The molecule has 104 valence electrons. The lowest BCUT2D eigenvalue weighted by Crippen LogP contribution is -1.91. The van der Waals surface area contributed by atoms with Crippen LogP contribution in [0.3, 0.4) is 0 Å². The molecule has 0 aliphatic carbocycles. The molecule has 0 saturated carbocycles. The molecule has 0 fully saturated rings. The minimum absolute atomic E-state index is 0.640. The molecule has 21 heavy (non-hydrogen) atoms. The Morgan fingerprint density at radius 1 is 1.00 bits per heavy atom. The zero-order valence-corrected chi connectivity index (χ0v) is 13.2. The van der Waals surface area contributed by atoms with E-state index in [4.69, 9.17) is 23.2 Å². The molecule has 0 spiro atoms. The lowest BCUT2D eigenvalue weighted by Gasteiger charge is -2.15. The van der Waals surface area contributed by atoms with Crippen LogP contribution in [-0.4, -0.2) is 0 Å². The summed E-state index contributed by atoms with van der Waals surface area (Å²) in [5, 5.41) is 3.66. The SMILES string of the molecule is C=Cc1c(C)cc2ccccc2c1-c1ccc(Cl)cc1Cl. The van der Waals surface area contributed by atoms with Crippen molar-refractivity contribution in [2.75, 3.05) is 0 Å². The van der Waals surface area contributed by atoms with E-state index in [1.807, 2.05) is 30.3 Å². The van der Waals surface area contributed by atoms with Gasteiger partial charge in [-0.15, -0.1) is 0 Å². The maximum absolute atomic E-state index is 6.43. The molecule has 0 aliphatic heterocycles. The molecular weight excluding hydrogens is 299 g/mol. The summed E-state index contributed by atoms with van der Waals surface area (Å²) >= 11 is 12.4. The van der Waals surface area contributed by atoms with Crippen molar-refractivity contribution in [3.05, 3.63) is 76.3 Å². The van der Waals surface area contributed by atoms with Gasteiger partial charge in [0.05, 0.1) is 0 Å². The van der Waals surface area contributed by atoms with Gasteiger partial charge in [-0.25, -0.2) is 0 Å². The van der Waals surface area contributed by atoms with Crippen molar-refractivity contribution in [3.8, 4) is 11.1 Å². The Morgan fingerprint density at radius 3 is 2.48 bits per heavy atom. The summed E-state index contributed by atoms with van der Waals surface area (Å²) in [6.07, 6.45) is 1.89. The van der Waals surface area contributed by atoms with Crippen molar-refractivity contribution in [1.82, 2.24) is 0 Å². The second-order valence-electron chi connectivity index (χ2n) is 5.03. The maximum Gasteiger partial charge on any atom is 0.0499 e. The first kappa shape index (κ1) is 14.2. The van der Waals surface area contributed by atoms with Crippen molar-refractivity contribution >= 4 is 40.1 Å². The Hall–Kier alpha value is -1.76. The van der Waals surface area contributed by atoms with E-state index in [-0.39, 0.29) is 0 Å². The van der Waals surface area contributed by atoms with E-state index in [1.165, 1.54) is 16.3 Å². The van der Waals surface area contributed by atoms with Gasteiger partial charge in [0.1, 0.15) is 0 Å². The van der Waals surface area contributed by atoms with E-state index in [0.717, 1.165) is 16.7 Å². The van der Waals surface area contributed by atoms with Crippen LogP contribution >= 0.6 is 23.2 Å². The Morgan fingerprint density at radius 2 is 1.76 bits per heavy atom. The number of halogens is 2. The third-order valence-corrected chi connectivity index (χ3v) is 4.25. The number of rotatable bonds is 2. The molecule has 0 amide bonds. The number of hydrogen-bond acceptors (Lipinski definition) is 0. The number of aryl methyl sites for hydroxylation is 1. The van der Waals surface area contributed by atoms with Crippen LogP contribution in [-0.2, 0) is 0 Å². The zero-order chi connectivity index (χ0) is 15.0. The summed E-state index contributed by atoms with van der Waals surface area (Å²) in [6, 6.07) is 16.1. The van der Waals surface area contributed by atoms with Gasteiger partial charge in [0.25, 0.3) is 0 Å². The molecule has 3 aromatic carbocycles. The summed E-state index contributed by atoms with van der Waals surface area (Å²) in [4.78, 5) is 0. The molecule has 0 nitrogen and oxygen atoms in total. The quantitative estimate of drug-likeness (QED) is 0.490. The van der Waals surface area contributed by atoms with Gasteiger partial charge < -0.3 is 0 Å². The predicted molar refractivity (Wildman–Crippen MR) is 94.2 cm³/mol. The summed E-state index contributed by atoms with van der Waals surface area (Å²) < 4.78 is 0. The van der Waals surface area contributed by atoms with Crippen molar-refractivity contribution < 1.29 is 0 Å². The van der Waals surface area contributed by atoms with Crippen LogP contribution in [0.25, 0.3) is 28.0 Å². The molecule has 0 N–H and O–H groups in total. The highest BCUT2D eigenvalue weighted by molar-refractivity contribution is 6.36. The fourth-order valence-electron chi connectivity index (χ4n) is 2.75. The Kier molecular flexibility index (Phi) is 3.75. The molecule has 0 radical (unpaired) electrons. The smallest absolute Gasteiger partial charge is 0.0499 e. The second-order valence-corrected chi connectivity index (χ2v) is 5.88. The molecule has 0 aliphatic rings. The zero-order valence-electron chi connectivity index (χ0n) is 11.7. The fourth-order valence-corrected chi connectivity index (χ4v) is 3.25. The maximum atomic E-state index is 6.43. The van der Waals surface area contributed by atoms with Gasteiger partial charge in [-0.05, 0) is 46.5 Å². The highest BCUT2D eigenvalue weighted by Crippen LogP contribution is 2.39. The van der Waals surface area contributed by atoms with Crippen molar-refractivity contribution in [3.63, 3.8) is 0 Å². The van der Waals surface area contributed by atoms with Gasteiger partial charge in [0.2, 0.25) is 0 Å². The van der Waals surface area contributed by atoms with Crippen LogP contribution in [0.2, 0.25) is 10.0 Å². The molecule has 2 heteroatoms. The second kappa shape index (κ2) is 5.55. The summed E-state index contributed by atoms with van der Waals surface area (Å²) in [7, 11) is 0. The van der Waals surface area contributed by atoms with Crippen molar-refractivity contribution in [2.24, 2.45) is 0 Å². The molecule has 0 atom stereocenters. The van der Waals surface area contributed by atoms with Crippen LogP contribution in [0.15, 0.2) is 55.1 Å². The van der Waals surface area contributed by atoms with E-state index in [1.54, 1.807) is 6.07 Å². The van der Waals surface area contributed by atoms with Gasteiger partial charge in [-0.2, -0.15) is 0 Å². The highest BCUT2D eigenvalue weighted by atomic mass is 35.5. The van der Waals surface area contributed by atoms with Crippen LogP contribution in [0, 0.1) is 6.92 Å². The van der Waals surface area contributed by atoms with Gasteiger partial charge >= 0.3 is 0 Å². The lowest BCUT2D eigenvalue weighted by molar-refractivity contribution is 1.47. The monoisotopic (exact) mass is 312 g/mol. The third-order valence-electron chi connectivity index (χ3n) is 3.70. The van der Waals surface area contributed by atoms with Crippen molar-refractivity contribution in [2.45, 2.75) is 6.92 Å². The Balaban J connectivity index is 2.47. The van der Waals surface area contributed by atoms with Gasteiger partial charge in [-0.1, -0.05) is 72.3 Å². The van der Waals surface area contributed by atoms with Crippen LogP contribution in [0.4, 0.5) is 0 Å². The number of fused-ring (bicyclic) bond motifs is 1. The van der Waals surface area contributed by atoms with Gasteiger partial charge in [0.15, 0.2) is 0 Å². The molecule has 0 unspecified atom stereocenters. The van der Waals surface area contributed by atoms with Gasteiger partial charge in [0, 0.05) is 15.6 Å². The average Bonchev–Trinajstić information content (AvgIpc) is 2.46. The first-order valence-corrected chi connectivity index (χ1v) is 7.47. The Bertz CT molecular complexity index is 848. The number of hydrogen-bond donors (Lipinski definition) is 0. The molecule has 0 saturated heterocycles.